The maximum absolute atomic E-state index is 5.85. The number of para-hydroxylation sites is 1. The van der Waals surface area contributed by atoms with Gasteiger partial charge in [0.25, 0.3) is 0 Å². The van der Waals surface area contributed by atoms with E-state index in [4.69, 9.17) is 20.1 Å². The Bertz CT molecular complexity index is 382. The van der Waals surface area contributed by atoms with Crippen LogP contribution in [0.3, 0.4) is 0 Å². The Balaban J connectivity index is 2.91. The fraction of sp³-hybridized carbons (Fsp3) is 0.625. The summed E-state index contributed by atoms with van der Waals surface area (Å²) in [6, 6.07) is 7.81. The van der Waals surface area contributed by atoms with E-state index in [2.05, 4.69) is 12.3 Å². The minimum atomic E-state index is -0.0938. The minimum Gasteiger partial charge on any atom is -0.491 e. The molecule has 0 aliphatic carbocycles. The van der Waals surface area contributed by atoms with Crippen molar-refractivity contribution in [3.8, 4) is 5.75 Å². The van der Waals surface area contributed by atoms with Crippen LogP contribution in [-0.2, 0) is 9.47 Å². The van der Waals surface area contributed by atoms with Gasteiger partial charge in [0.05, 0.1) is 18.8 Å². The van der Waals surface area contributed by atoms with Crippen LogP contribution in [-0.4, -0.2) is 33.0 Å². The highest BCUT2D eigenvalue weighted by Crippen LogP contribution is 2.29. The molecule has 1 aromatic rings. The molecular weight excluding hydrogens is 268 g/mol. The van der Waals surface area contributed by atoms with Crippen molar-refractivity contribution in [1.29, 1.82) is 0 Å². The van der Waals surface area contributed by atoms with E-state index in [1.807, 2.05) is 31.2 Å². The van der Waals surface area contributed by atoms with Crippen molar-refractivity contribution < 1.29 is 14.2 Å². The topological polar surface area (TPSA) is 65.7 Å². The molecule has 120 valence electrons. The minimum absolute atomic E-state index is 0.0252. The highest BCUT2D eigenvalue weighted by molar-refractivity contribution is 5.36. The molecular formula is C16H28N2O3. The van der Waals surface area contributed by atoms with Gasteiger partial charge in [-0.25, -0.2) is 0 Å². The summed E-state index contributed by atoms with van der Waals surface area (Å²) in [4.78, 5) is 0. The first kappa shape index (κ1) is 17.9. The fourth-order valence-electron chi connectivity index (χ4n) is 2.35. The third-order valence-electron chi connectivity index (χ3n) is 3.30. The molecule has 0 bridgehead atoms. The molecule has 0 aromatic heterocycles. The van der Waals surface area contributed by atoms with Gasteiger partial charge in [-0.2, -0.15) is 0 Å². The summed E-state index contributed by atoms with van der Waals surface area (Å²) in [5.41, 5.74) is 3.90. The molecule has 1 aromatic carbocycles. The molecule has 2 unspecified atom stereocenters. The number of benzene rings is 1. The predicted molar refractivity (Wildman–Crippen MR) is 84.2 cm³/mol. The number of rotatable bonds is 11. The van der Waals surface area contributed by atoms with Crippen molar-refractivity contribution in [2.45, 2.75) is 38.8 Å². The Labute approximate surface area is 127 Å². The van der Waals surface area contributed by atoms with Crippen LogP contribution in [0.1, 0.15) is 38.3 Å². The van der Waals surface area contributed by atoms with Gasteiger partial charge in [0, 0.05) is 19.3 Å². The van der Waals surface area contributed by atoms with E-state index in [1.165, 1.54) is 0 Å². The molecule has 0 heterocycles. The maximum atomic E-state index is 5.85. The Hall–Kier alpha value is -1.14. The lowest BCUT2D eigenvalue weighted by Gasteiger charge is -2.28. The summed E-state index contributed by atoms with van der Waals surface area (Å²) in [7, 11) is 1.66. The van der Waals surface area contributed by atoms with E-state index in [9.17, 15) is 0 Å². The maximum Gasteiger partial charge on any atom is 0.124 e. The average molecular weight is 296 g/mol. The second kappa shape index (κ2) is 10.6. The van der Waals surface area contributed by atoms with Gasteiger partial charge >= 0.3 is 0 Å². The van der Waals surface area contributed by atoms with Crippen molar-refractivity contribution in [1.82, 2.24) is 5.43 Å². The molecule has 1 rings (SSSR count). The Morgan fingerprint density at radius 3 is 2.57 bits per heavy atom. The zero-order valence-electron chi connectivity index (χ0n) is 13.3. The SMILES string of the molecule is CCCC(OCC)C(NN)c1ccccc1OCCOC. The van der Waals surface area contributed by atoms with Crippen molar-refractivity contribution in [3.63, 3.8) is 0 Å². The monoisotopic (exact) mass is 296 g/mol. The summed E-state index contributed by atoms with van der Waals surface area (Å²) in [6.07, 6.45) is 2.00. The standard InChI is InChI=1S/C16H28N2O3/c1-4-8-15(20-5-2)16(18-17)13-9-6-7-10-14(13)21-12-11-19-3/h6-7,9-10,15-16,18H,4-5,8,11-12,17H2,1-3H3. The summed E-state index contributed by atoms with van der Waals surface area (Å²) in [6.45, 7) is 5.87. The van der Waals surface area contributed by atoms with Crippen molar-refractivity contribution in [2.24, 2.45) is 5.84 Å². The van der Waals surface area contributed by atoms with Crippen LogP contribution in [0.15, 0.2) is 24.3 Å². The number of hydrogen-bond donors (Lipinski definition) is 2. The molecule has 0 amide bonds. The van der Waals surface area contributed by atoms with E-state index in [0.29, 0.717) is 19.8 Å². The normalized spacial score (nSPS) is 13.9. The molecule has 5 heteroatoms. The summed E-state index contributed by atoms with van der Waals surface area (Å²) >= 11 is 0. The number of methoxy groups -OCH3 is 1. The third kappa shape index (κ3) is 5.63. The summed E-state index contributed by atoms with van der Waals surface area (Å²) in [5.74, 6) is 6.60. The lowest BCUT2D eigenvalue weighted by atomic mass is 9.97. The molecule has 0 saturated carbocycles. The Kier molecular flexibility index (Phi) is 9.01. The van der Waals surface area contributed by atoms with E-state index < -0.39 is 0 Å². The molecule has 0 fully saturated rings. The zero-order valence-corrected chi connectivity index (χ0v) is 13.3. The van der Waals surface area contributed by atoms with Crippen LogP contribution >= 0.6 is 0 Å². The van der Waals surface area contributed by atoms with E-state index in [-0.39, 0.29) is 12.1 Å². The van der Waals surface area contributed by atoms with Crippen LogP contribution < -0.4 is 16.0 Å². The van der Waals surface area contributed by atoms with E-state index in [1.54, 1.807) is 7.11 Å². The van der Waals surface area contributed by atoms with Crippen molar-refractivity contribution in [3.05, 3.63) is 29.8 Å². The predicted octanol–water partition coefficient (Wildman–Crippen LogP) is 2.42. The lowest BCUT2D eigenvalue weighted by molar-refractivity contribution is 0.0266. The lowest BCUT2D eigenvalue weighted by Crippen LogP contribution is -2.38. The molecule has 3 N–H and O–H groups in total. The molecule has 0 radical (unpaired) electrons. The third-order valence-corrected chi connectivity index (χ3v) is 3.30. The van der Waals surface area contributed by atoms with Gasteiger partial charge in [-0.1, -0.05) is 31.5 Å². The molecule has 0 aliphatic heterocycles. The van der Waals surface area contributed by atoms with Gasteiger partial charge in [-0.15, -0.1) is 0 Å². The van der Waals surface area contributed by atoms with Gasteiger partial charge in [-0.05, 0) is 19.4 Å². The molecule has 5 nitrogen and oxygen atoms in total. The van der Waals surface area contributed by atoms with Gasteiger partial charge < -0.3 is 14.2 Å². The summed E-state index contributed by atoms with van der Waals surface area (Å²) in [5, 5.41) is 0. The van der Waals surface area contributed by atoms with Crippen molar-refractivity contribution in [2.75, 3.05) is 26.9 Å². The van der Waals surface area contributed by atoms with E-state index in [0.717, 1.165) is 24.2 Å². The van der Waals surface area contributed by atoms with Gasteiger partial charge in [-0.3, -0.25) is 11.3 Å². The zero-order chi connectivity index (χ0) is 15.5. The van der Waals surface area contributed by atoms with Gasteiger partial charge in [0.2, 0.25) is 0 Å². The van der Waals surface area contributed by atoms with Crippen LogP contribution in [0.5, 0.6) is 5.75 Å². The Morgan fingerprint density at radius 2 is 1.95 bits per heavy atom. The molecule has 0 spiro atoms. The first-order valence-electron chi connectivity index (χ1n) is 7.56. The number of ether oxygens (including phenoxy) is 3. The number of nitrogens with two attached hydrogens (primary N) is 1. The van der Waals surface area contributed by atoms with E-state index >= 15 is 0 Å². The smallest absolute Gasteiger partial charge is 0.124 e. The van der Waals surface area contributed by atoms with Crippen LogP contribution in [0.25, 0.3) is 0 Å². The van der Waals surface area contributed by atoms with Crippen LogP contribution in [0, 0.1) is 0 Å². The quantitative estimate of drug-likeness (QED) is 0.373. The van der Waals surface area contributed by atoms with Crippen LogP contribution in [0.4, 0.5) is 0 Å². The largest absolute Gasteiger partial charge is 0.491 e. The highest BCUT2D eigenvalue weighted by Gasteiger charge is 2.24. The molecule has 21 heavy (non-hydrogen) atoms. The number of hydrogen-bond acceptors (Lipinski definition) is 5. The number of nitrogens with one attached hydrogen (secondary N) is 1. The molecule has 0 aliphatic rings. The van der Waals surface area contributed by atoms with Gasteiger partial charge in [0.1, 0.15) is 12.4 Å². The summed E-state index contributed by atoms with van der Waals surface area (Å²) < 4.78 is 16.7. The first-order chi connectivity index (χ1) is 10.3. The highest BCUT2D eigenvalue weighted by atomic mass is 16.5. The molecule has 2 atom stereocenters. The van der Waals surface area contributed by atoms with Gasteiger partial charge in [0.15, 0.2) is 0 Å². The Morgan fingerprint density at radius 1 is 1.19 bits per heavy atom. The number of hydrazine groups is 1. The second-order valence-corrected chi connectivity index (χ2v) is 4.81. The van der Waals surface area contributed by atoms with Crippen LogP contribution in [0.2, 0.25) is 0 Å². The fourth-order valence-corrected chi connectivity index (χ4v) is 2.35. The average Bonchev–Trinajstić information content (AvgIpc) is 2.50. The first-order valence-corrected chi connectivity index (χ1v) is 7.56. The van der Waals surface area contributed by atoms with Crippen molar-refractivity contribution >= 4 is 0 Å². The second-order valence-electron chi connectivity index (χ2n) is 4.81. The molecule has 0 saturated heterocycles.